The van der Waals surface area contributed by atoms with Gasteiger partial charge in [0, 0.05) is 12.8 Å². The number of carboxylic acids is 1. The predicted molar refractivity (Wildman–Crippen MR) is 244 cm³/mol. The number of unbranched alkanes of at least 4 members (excludes halogenated alkanes) is 16. The number of carbonyl (C=O) groups is 3. The first-order valence-electron chi connectivity index (χ1n) is 23.0. The molecule has 0 aromatic carbocycles. The van der Waals surface area contributed by atoms with Gasteiger partial charge in [-0.05, 0) is 83.5 Å². The third-order valence-corrected chi connectivity index (χ3v) is 10.4. The molecule has 12 heteroatoms. The maximum atomic E-state index is 12.6. The van der Waals surface area contributed by atoms with Crippen molar-refractivity contribution in [3.8, 4) is 0 Å². The fourth-order valence-corrected chi connectivity index (χ4v) is 6.63. The quantitative estimate of drug-likeness (QED) is 0.0231. The fraction of sp³-hybridized carbons (Fsp3) is 0.688. The number of hydrogen-bond acceptors (Lipinski definition) is 9. The minimum Gasteiger partial charge on any atom is -0.480 e. The molecule has 0 aromatic heterocycles. The summed E-state index contributed by atoms with van der Waals surface area (Å²) in [5.74, 6) is -2.44. The van der Waals surface area contributed by atoms with Crippen molar-refractivity contribution in [1.29, 1.82) is 0 Å². The zero-order valence-corrected chi connectivity index (χ0v) is 38.2. The summed E-state index contributed by atoms with van der Waals surface area (Å²) in [4.78, 5) is 46.0. The van der Waals surface area contributed by atoms with Gasteiger partial charge in [0.1, 0.15) is 12.6 Å². The monoisotopic (exact) mass is 864 g/mol. The first-order chi connectivity index (χ1) is 29.1. The van der Waals surface area contributed by atoms with Crippen LogP contribution < -0.4 is 5.73 Å². The number of hydrogen-bond donors (Lipinski definition) is 3. The van der Waals surface area contributed by atoms with Gasteiger partial charge in [-0.25, -0.2) is 4.57 Å². The second-order valence-corrected chi connectivity index (χ2v) is 16.6. The third kappa shape index (κ3) is 41.6. The molecule has 0 saturated carbocycles. The van der Waals surface area contributed by atoms with E-state index in [1.165, 1.54) is 70.6 Å². The molecule has 0 aliphatic heterocycles. The molecule has 0 rings (SSSR count). The summed E-state index contributed by atoms with van der Waals surface area (Å²) in [6, 6.07) is -1.53. The number of phosphoric ester groups is 1. The summed E-state index contributed by atoms with van der Waals surface area (Å²) < 4.78 is 32.7. The van der Waals surface area contributed by atoms with Gasteiger partial charge >= 0.3 is 25.7 Å². The van der Waals surface area contributed by atoms with Crippen LogP contribution in [0.2, 0.25) is 0 Å². The van der Waals surface area contributed by atoms with Gasteiger partial charge in [0.2, 0.25) is 0 Å². The van der Waals surface area contributed by atoms with E-state index in [0.29, 0.717) is 12.8 Å². The molecule has 0 radical (unpaired) electrons. The zero-order valence-electron chi connectivity index (χ0n) is 37.3. The first kappa shape index (κ1) is 56.9. The van der Waals surface area contributed by atoms with Crippen LogP contribution in [0.15, 0.2) is 72.9 Å². The van der Waals surface area contributed by atoms with E-state index < -0.39 is 51.1 Å². The minimum absolute atomic E-state index is 0.105. The Balaban J connectivity index is 4.36. The van der Waals surface area contributed by atoms with Gasteiger partial charge in [-0.1, -0.05) is 157 Å². The van der Waals surface area contributed by atoms with Crippen LogP contribution in [0, 0.1) is 0 Å². The van der Waals surface area contributed by atoms with Crippen LogP contribution in [0.3, 0.4) is 0 Å². The van der Waals surface area contributed by atoms with Crippen molar-refractivity contribution in [1.82, 2.24) is 0 Å². The van der Waals surface area contributed by atoms with Crippen LogP contribution >= 0.6 is 7.82 Å². The lowest BCUT2D eigenvalue weighted by Crippen LogP contribution is -2.34. The number of ether oxygens (including phenoxy) is 2. The second-order valence-electron chi connectivity index (χ2n) is 15.1. The highest BCUT2D eigenvalue weighted by Gasteiger charge is 2.28. The molecular weight excluding hydrogens is 781 g/mol. The molecule has 0 aliphatic carbocycles. The van der Waals surface area contributed by atoms with Crippen molar-refractivity contribution in [3.63, 3.8) is 0 Å². The van der Waals surface area contributed by atoms with Gasteiger partial charge in [-0.2, -0.15) is 0 Å². The lowest BCUT2D eigenvalue weighted by molar-refractivity contribution is -0.161. The highest BCUT2D eigenvalue weighted by atomic mass is 31.2. The Morgan fingerprint density at radius 1 is 0.533 bits per heavy atom. The Morgan fingerprint density at radius 3 is 1.43 bits per heavy atom. The van der Waals surface area contributed by atoms with E-state index in [1.54, 1.807) is 0 Å². The SMILES string of the molecule is CC/C=C\C/C=C\C/C=C\C/C=C\CCCCC(=O)OC(COC(=O)CCCCCCCCCCC/C=C\C/C=C\CCCCCCC)COP(=O)(O)OCC(N)C(=O)O. The standard InChI is InChI=1S/C48H82NO10P/c1-3-5-7-9-11-13-15-17-19-20-21-22-23-24-26-27-29-31-33-35-37-39-46(50)56-41-44(42-57-60(54,55)58-43-45(49)48(52)53)59-47(51)40-38-36-34-32-30-28-25-18-16-14-12-10-8-6-4-2/h6,8,12,14-15,17-18,20-21,25,30,32,44-45H,3-5,7,9-11,13,16,19,22-24,26-29,31,33-43,49H2,1-2H3,(H,52,53)(H,54,55)/b8-6-,14-12-,17-15-,21-20-,25-18-,32-30-. The van der Waals surface area contributed by atoms with E-state index in [1.807, 2.05) is 0 Å². The van der Waals surface area contributed by atoms with Crippen molar-refractivity contribution >= 4 is 25.7 Å². The van der Waals surface area contributed by atoms with Crippen LogP contribution in [-0.2, 0) is 37.5 Å². The van der Waals surface area contributed by atoms with E-state index in [9.17, 15) is 23.8 Å². The van der Waals surface area contributed by atoms with Crippen molar-refractivity contribution in [2.75, 3.05) is 19.8 Å². The van der Waals surface area contributed by atoms with Crippen molar-refractivity contribution in [2.24, 2.45) is 5.73 Å². The summed E-state index contributed by atoms with van der Waals surface area (Å²) >= 11 is 0. The van der Waals surface area contributed by atoms with E-state index in [4.69, 9.17) is 24.8 Å². The molecule has 3 atom stereocenters. The molecule has 0 amide bonds. The van der Waals surface area contributed by atoms with E-state index >= 15 is 0 Å². The third-order valence-electron chi connectivity index (χ3n) is 9.44. The Kier molecular flexibility index (Phi) is 40.4. The van der Waals surface area contributed by atoms with E-state index in [-0.39, 0.29) is 19.4 Å². The number of nitrogens with two attached hydrogens (primary N) is 1. The van der Waals surface area contributed by atoms with Crippen molar-refractivity contribution in [2.45, 2.75) is 193 Å². The van der Waals surface area contributed by atoms with Crippen LogP contribution in [-0.4, -0.2) is 59.9 Å². The van der Waals surface area contributed by atoms with Gasteiger partial charge in [-0.15, -0.1) is 0 Å². The fourth-order valence-electron chi connectivity index (χ4n) is 5.85. The molecule has 3 unspecified atom stereocenters. The Labute approximate surface area is 363 Å². The molecule has 0 fully saturated rings. The number of aliphatic carboxylic acids is 1. The first-order valence-corrected chi connectivity index (χ1v) is 24.5. The Morgan fingerprint density at radius 2 is 0.933 bits per heavy atom. The average molecular weight is 864 g/mol. The van der Waals surface area contributed by atoms with Gasteiger partial charge in [-0.3, -0.25) is 23.4 Å². The molecule has 344 valence electrons. The number of carbonyl (C=O) groups excluding carboxylic acids is 2. The summed E-state index contributed by atoms with van der Waals surface area (Å²) in [6.45, 7) is 2.63. The molecule has 0 spiro atoms. The number of carboxylic acid groups (broad SMARTS) is 1. The van der Waals surface area contributed by atoms with E-state index in [2.05, 4.69) is 91.3 Å². The predicted octanol–water partition coefficient (Wildman–Crippen LogP) is 12.5. The summed E-state index contributed by atoms with van der Waals surface area (Å²) in [7, 11) is -4.73. The van der Waals surface area contributed by atoms with Crippen LogP contribution in [0.4, 0.5) is 0 Å². The molecule has 0 aliphatic rings. The molecule has 0 bridgehead atoms. The topological polar surface area (TPSA) is 172 Å². The maximum Gasteiger partial charge on any atom is 0.472 e. The lowest BCUT2D eigenvalue weighted by Gasteiger charge is -2.20. The van der Waals surface area contributed by atoms with Crippen molar-refractivity contribution in [3.05, 3.63) is 72.9 Å². The molecule has 60 heavy (non-hydrogen) atoms. The summed E-state index contributed by atoms with van der Waals surface area (Å²) in [5.41, 5.74) is 5.33. The maximum absolute atomic E-state index is 12.6. The molecular formula is C48H82NO10P. The molecule has 0 aromatic rings. The molecule has 0 saturated heterocycles. The number of esters is 2. The molecule has 11 nitrogen and oxygen atoms in total. The largest absolute Gasteiger partial charge is 0.480 e. The van der Waals surface area contributed by atoms with Gasteiger partial charge in [0.25, 0.3) is 0 Å². The van der Waals surface area contributed by atoms with Crippen molar-refractivity contribution < 1.29 is 47.5 Å². The lowest BCUT2D eigenvalue weighted by atomic mass is 10.1. The Hall–Kier alpha value is -3.08. The minimum atomic E-state index is -4.73. The number of phosphoric acid groups is 1. The normalized spacial score (nSPS) is 14.3. The number of rotatable bonds is 42. The Bertz CT molecular complexity index is 1290. The molecule has 4 N–H and O–H groups in total. The van der Waals surface area contributed by atoms with Gasteiger partial charge in [0.05, 0.1) is 13.2 Å². The van der Waals surface area contributed by atoms with Crippen LogP contribution in [0.25, 0.3) is 0 Å². The summed E-state index contributed by atoms with van der Waals surface area (Å²) in [6.07, 6.45) is 51.1. The van der Waals surface area contributed by atoms with Gasteiger partial charge in [0.15, 0.2) is 6.10 Å². The molecule has 0 heterocycles. The highest BCUT2D eigenvalue weighted by molar-refractivity contribution is 7.47. The second kappa shape index (κ2) is 42.6. The van der Waals surface area contributed by atoms with Crippen LogP contribution in [0.5, 0.6) is 0 Å². The average Bonchev–Trinajstić information content (AvgIpc) is 3.22. The van der Waals surface area contributed by atoms with Gasteiger partial charge < -0.3 is 25.2 Å². The highest BCUT2D eigenvalue weighted by Crippen LogP contribution is 2.43. The van der Waals surface area contributed by atoms with E-state index in [0.717, 1.165) is 70.6 Å². The zero-order chi connectivity index (χ0) is 44.2. The number of allylic oxidation sites excluding steroid dienone is 12. The summed E-state index contributed by atoms with van der Waals surface area (Å²) in [5, 5.41) is 8.90. The smallest absolute Gasteiger partial charge is 0.472 e. The van der Waals surface area contributed by atoms with Crippen LogP contribution in [0.1, 0.15) is 181 Å².